The number of carbonyl (C=O) groups excluding carboxylic acids is 2. The molecule has 1 heterocycles. The lowest BCUT2D eigenvalue weighted by Crippen LogP contribution is -2.46. The van der Waals surface area contributed by atoms with E-state index in [1.807, 2.05) is 0 Å². The Labute approximate surface area is 101 Å². The summed E-state index contributed by atoms with van der Waals surface area (Å²) < 4.78 is 5.22. The second kappa shape index (κ2) is 6.00. The zero-order chi connectivity index (χ0) is 12.1. The molecule has 2 rings (SSSR count). The number of hydrazine groups is 1. The topological polar surface area (TPSA) is 67.4 Å². The fourth-order valence-electron chi connectivity index (χ4n) is 2.52. The third-order valence-corrected chi connectivity index (χ3v) is 3.50. The molecule has 1 atom stereocenters. The molecule has 0 spiro atoms. The smallest absolute Gasteiger partial charge is 0.267 e. The van der Waals surface area contributed by atoms with Crippen molar-refractivity contribution in [3.8, 4) is 0 Å². The van der Waals surface area contributed by atoms with Crippen LogP contribution in [-0.4, -0.2) is 24.5 Å². The van der Waals surface area contributed by atoms with Crippen LogP contribution in [0.15, 0.2) is 0 Å². The molecule has 0 bridgehead atoms. The van der Waals surface area contributed by atoms with Crippen LogP contribution in [0.3, 0.4) is 0 Å². The van der Waals surface area contributed by atoms with Crippen molar-refractivity contribution in [2.45, 2.75) is 51.0 Å². The summed E-state index contributed by atoms with van der Waals surface area (Å²) in [6, 6.07) is 0. The van der Waals surface area contributed by atoms with Gasteiger partial charge in [-0.3, -0.25) is 20.4 Å². The molecule has 0 radical (unpaired) electrons. The second-order valence-corrected chi connectivity index (χ2v) is 4.89. The van der Waals surface area contributed by atoms with Gasteiger partial charge in [0.05, 0.1) is 0 Å². The first-order valence-electron chi connectivity index (χ1n) is 6.46. The predicted octanol–water partition coefficient (Wildman–Crippen LogP) is 0.893. The van der Waals surface area contributed by atoms with Gasteiger partial charge in [0.1, 0.15) is 6.10 Å². The zero-order valence-electron chi connectivity index (χ0n) is 10.0. The molecule has 2 N–H and O–H groups in total. The van der Waals surface area contributed by atoms with Crippen molar-refractivity contribution in [1.82, 2.24) is 10.9 Å². The molecular weight excluding hydrogens is 220 g/mol. The van der Waals surface area contributed by atoms with E-state index in [-0.39, 0.29) is 17.9 Å². The summed E-state index contributed by atoms with van der Waals surface area (Å²) >= 11 is 0. The first kappa shape index (κ1) is 12.4. The summed E-state index contributed by atoms with van der Waals surface area (Å²) in [7, 11) is 0. The molecular formula is C12H20N2O3. The van der Waals surface area contributed by atoms with Crippen LogP contribution in [0.1, 0.15) is 44.9 Å². The minimum atomic E-state index is -0.387. The van der Waals surface area contributed by atoms with Crippen LogP contribution < -0.4 is 10.9 Å². The lowest BCUT2D eigenvalue weighted by Gasteiger charge is -2.13. The molecule has 1 saturated heterocycles. The van der Waals surface area contributed by atoms with Gasteiger partial charge in [0.15, 0.2) is 0 Å². The highest BCUT2D eigenvalue weighted by molar-refractivity contribution is 5.84. The fourth-order valence-corrected chi connectivity index (χ4v) is 2.52. The van der Waals surface area contributed by atoms with E-state index < -0.39 is 0 Å². The quantitative estimate of drug-likeness (QED) is 0.720. The highest BCUT2D eigenvalue weighted by atomic mass is 16.5. The van der Waals surface area contributed by atoms with E-state index >= 15 is 0 Å². The van der Waals surface area contributed by atoms with Crippen LogP contribution in [0.25, 0.3) is 0 Å². The van der Waals surface area contributed by atoms with Crippen LogP contribution in [0.2, 0.25) is 0 Å². The van der Waals surface area contributed by atoms with Crippen molar-refractivity contribution >= 4 is 11.8 Å². The standard InChI is InChI=1S/C12H20N2O3/c15-11(8-9-4-1-2-5-9)13-14-12(16)10-6-3-7-17-10/h9-10H,1-8H2,(H,13,15)(H,14,16). The molecule has 2 aliphatic rings. The molecule has 1 aliphatic carbocycles. The number of nitrogens with one attached hydrogen (secondary N) is 2. The number of hydrogen-bond acceptors (Lipinski definition) is 3. The summed E-state index contributed by atoms with van der Waals surface area (Å²) in [6.45, 7) is 0.633. The van der Waals surface area contributed by atoms with Gasteiger partial charge in [0.25, 0.3) is 5.91 Å². The van der Waals surface area contributed by atoms with E-state index in [1.165, 1.54) is 12.8 Å². The van der Waals surface area contributed by atoms with E-state index in [0.29, 0.717) is 18.9 Å². The first-order chi connectivity index (χ1) is 8.25. The largest absolute Gasteiger partial charge is 0.368 e. The molecule has 17 heavy (non-hydrogen) atoms. The SMILES string of the molecule is O=C(CC1CCCC1)NNC(=O)C1CCCO1. The van der Waals surface area contributed by atoms with Gasteiger partial charge in [-0.05, 0) is 31.6 Å². The Kier molecular flexibility index (Phi) is 4.36. The molecule has 2 fully saturated rings. The molecule has 0 aromatic rings. The summed E-state index contributed by atoms with van der Waals surface area (Å²) in [5.74, 6) is 0.167. The molecule has 0 aromatic carbocycles. The van der Waals surface area contributed by atoms with Gasteiger partial charge in [-0.15, -0.1) is 0 Å². The summed E-state index contributed by atoms with van der Waals surface area (Å²) in [5.41, 5.74) is 4.90. The average Bonchev–Trinajstić information content (AvgIpc) is 2.97. The molecule has 0 aromatic heterocycles. The van der Waals surface area contributed by atoms with Crippen molar-refractivity contribution in [3.05, 3.63) is 0 Å². The van der Waals surface area contributed by atoms with E-state index in [2.05, 4.69) is 10.9 Å². The molecule has 1 saturated carbocycles. The van der Waals surface area contributed by atoms with Crippen molar-refractivity contribution in [3.63, 3.8) is 0 Å². The first-order valence-corrected chi connectivity index (χ1v) is 6.46. The van der Waals surface area contributed by atoms with Crippen LogP contribution >= 0.6 is 0 Å². The Morgan fingerprint density at radius 3 is 2.47 bits per heavy atom. The lowest BCUT2D eigenvalue weighted by atomic mass is 10.0. The Morgan fingerprint density at radius 1 is 1.06 bits per heavy atom. The highest BCUT2D eigenvalue weighted by Crippen LogP contribution is 2.27. The van der Waals surface area contributed by atoms with Gasteiger partial charge >= 0.3 is 0 Å². The monoisotopic (exact) mass is 240 g/mol. The minimum absolute atomic E-state index is 0.0942. The van der Waals surface area contributed by atoms with Crippen molar-refractivity contribution in [1.29, 1.82) is 0 Å². The maximum Gasteiger partial charge on any atom is 0.267 e. The van der Waals surface area contributed by atoms with Crippen molar-refractivity contribution < 1.29 is 14.3 Å². The van der Waals surface area contributed by atoms with Crippen LogP contribution in [0.4, 0.5) is 0 Å². The van der Waals surface area contributed by atoms with Gasteiger partial charge < -0.3 is 4.74 Å². The third kappa shape index (κ3) is 3.70. The Morgan fingerprint density at radius 2 is 1.82 bits per heavy atom. The Balaban J connectivity index is 1.63. The van der Waals surface area contributed by atoms with E-state index in [4.69, 9.17) is 4.74 Å². The third-order valence-electron chi connectivity index (χ3n) is 3.50. The van der Waals surface area contributed by atoms with Crippen LogP contribution in [-0.2, 0) is 14.3 Å². The van der Waals surface area contributed by atoms with Gasteiger partial charge in [-0.2, -0.15) is 0 Å². The summed E-state index contributed by atoms with van der Waals surface area (Å²) in [4.78, 5) is 23.1. The number of carbonyl (C=O) groups is 2. The van der Waals surface area contributed by atoms with Crippen molar-refractivity contribution in [2.75, 3.05) is 6.61 Å². The van der Waals surface area contributed by atoms with E-state index in [9.17, 15) is 9.59 Å². The second-order valence-electron chi connectivity index (χ2n) is 4.89. The molecule has 96 valence electrons. The Hall–Kier alpha value is -1.10. The molecule has 5 heteroatoms. The van der Waals surface area contributed by atoms with Gasteiger partial charge in [-0.25, -0.2) is 0 Å². The molecule has 1 aliphatic heterocycles. The lowest BCUT2D eigenvalue weighted by molar-refractivity contribution is -0.135. The van der Waals surface area contributed by atoms with Gasteiger partial charge in [0, 0.05) is 13.0 Å². The zero-order valence-corrected chi connectivity index (χ0v) is 10.0. The van der Waals surface area contributed by atoms with E-state index in [0.717, 1.165) is 25.7 Å². The number of hydrogen-bond donors (Lipinski definition) is 2. The highest BCUT2D eigenvalue weighted by Gasteiger charge is 2.24. The molecule has 2 amide bonds. The summed E-state index contributed by atoms with van der Waals surface area (Å²) in [5, 5.41) is 0. The van der Waals surface area contributed by atoms with Gasteiger partial charge in [-0.1, -0.05) is 12.8 Å². The minimum Gasteiger partial charge on any atom is -0.368 e. The van der Waals surface area contributed by atoms with Gasteiger partial charge in [0.2, 0.25) is 5.91 Å². The molecule has 5 nitrogen and oxygen atoms in total. The maximum atomic E-state index is 11.6. The maximum absolute atomic E-state index is 11.6. The number of rotatable bonds is 3. The summed E-state index contributed by atoms with van der Waals surface area (Å²) in [6.07, 6.45) is 6.49. The number of amides is 2. The molecule has 1 unspecified atom stereocenters. The predicted molar refractivity (Wildman–Crippen MR) is 61.8 cm³/mol. The van der Waals surface area contributed by atoms with Crippen molar-refractivity contribution in [2.24, 2.45) is 5.92 Å². The number of ether oxygens (including phenoxy) is 1. The normalized spacial score (nSPS) is 24.8. The van der Waals surface area contributed by atoms with Crippen LogP contribution in [0.5, 0.6) is 0 Å². The van der Waals surface area contributed by atoms with Crippen LogP contribution in [0, 0.1) is 5.92 Å². The Bertz CT molecular complexity index is 281. The fraction of sp³-hybridized carbons (Fsp3) is 0.833. The average molecular weight is 240 g/mol. The van der Waals surface area contributed by atoms with E-state index in [1.54, 1.807) is 0 Å².